The molecule has 0 aliphatic carbocycles. The Labute approximate surface area is 164 Å². The molecule has 2 aromatic carbocycles. The van der Waals surface area contributed by atoms with Gasteiger partial charge in [0.05, 0.1) is 0 Å². The molecule has 7 nitrogen and oxygen atoms in total. The molecule has 4 amide bonds. The van der Waals surface area contributed by atoms with E-state index in [1.54, 1.807) is 36.4 Å². The van der Waals surface area contributed by atoms with Crippen LogP contribution in [-0.2, 0) is 4.79 Å². The minimum absolute atomic E-state index is 0.0952. The van der Waals surface area contributed by atoms with Gasteiger partial charge >= 0.3 is 6.03 Å². The largest absolute Gasteiger partial charge is 0.341 e. The molecule has 2 aromatic rings. The van der Waals surface area contributed by atoms with Crippen molar-refractivity contribution in [2.75, 3.05) is 17.7 Å². The number of rotatable bonds is 6. The van der Waals surface area contributed by atoms with Crippen LogP contribution in [0.2, 0.25) is 0 Å². The zero-order valence-electron chi connectivity index (χ0n) is 16.5. The molecule has 0 spiro atoms. The van der Waals surface area contributed by atoms with E-state index in [1.165, 1.54) is 7.05 Å². The number of carbonyl (C=O) groups excluding carboxylic acids is 3. The maximum absolute atomic E-state index is 12.7. The van der Waals surface area contributed by atoms with E-state index in [9.17, 15) is 14.4 Å². The first-order valence-corrected chi connectivity index (χ1v) is 9.08. The number of amides is 4. The van der Waals surface area contributed by atoms with E-state index in [1.807, 2.05) is 32.9 Å². The molecular weight excluding hydrogens is 356 g/mol. The van der Waals surface area contributed by atoms with Crippen LogP contribution in [0.5, 0.6) is 0 Å². The predicted molar refractivity (Wildman–Crippen MR) is 110 cm³/mol. The van der Waals surface area contributed by atoms with Gasteiger partial charge in [-0.1, -0.05) is 32.0 Å². The number of nitrogens with one attached hydrogen (secondary N) is 4. The van der Waals surface area contributed by atoms with Crippen LogP contribution in [0.1, 0.15) is 29.8 Å². The molecule has 0 saturated heterocycles. The lowest BCUT2D eigenvalue weighted by Crippen LogP contribution is -2.47. The minimum atomic E-state index is -0.684. The highest BCUT2D eigenvalue weighted by Crippen LogP contribution is 2.15. The van der Waals surface area contributed by atoms with Crippen molar-refractivity contribution in [3.8, 4) is 0 Å². The van der Waals surface area contributed by atoms with Gasteiger partial charge in [-0.05, 0) is 48.7 Å². The zero-order chi connectivity index (χ0) is 20.7. The summed E-state index contributed by atoms with van der Waals surface area (Å²) in [5.41, 5.74) is 2.57. The standard InChI is InChI=1S/C21H26N4O3/c1-13(2)18(25-19(26)17-8-6-5-7-14(17)3)20(27)23-15-9-11-16(12-10-15)24-21(28)22-4/h5-13,18H,1-4H3,(H,23,27)(H,25,26)(H2,22,24,28). The highest BCUT2D eigenvalue weighted by atomic mass is 16.2. The molecular formula is C21H26N4O3. The summed E-state index contributed by atoms with van der Waals surface area (Å²) < 4.78 is 0. The monoisotopic (exact) mass is 382 g/mol. The van der Waals surface area contributed by atoms with Crippen molar-refractivity contribution in [1.29, 1.82) is 0 Å². The molecule has 0 saturated carbocycles. The van der Waals surface area contributed by atoms with Gasteiger partial charge in [0.25, 0.3) is 5.91 Å². The Morgan fingerprint density at radius 2 is 1.43 bits per heavy atom. The Kier molecular flexibility index (Phi) is 7.14. The van der Waals surface area contributed by atoms with Crippen LogP contribution in [0.25, 0.3) is 0 Å². The van der Waals surface area contributed by atoms with Gasteiger partial charge in [-0.2, -0.15) is 0 Å². The fourth-order valence-electron chi connectivity index (χ4n) is 2.63. The van der Waals surface area contributed by atoms with Gasteiger partial charge in [0.1, 0.15) is 6.04 Å². The van der Waals surface area contributed by atoms with Crippen LogP contribution in [-0.4, -0.2) is 30.9 Å². The molecule has 0 heterocycles. The number of aryl methyl sites for hydroxylation is 1. The van der Waals surface area contributed by atoms with E-state index >= 15 is 0 Å². The number of hydrogen-bond acceptors (Lipinski definition) is 3. The molecule has 1 unspecified atom stereocenters. The maximum atomic E-state index is 12.7. The summed E-state index contributed by atoms with van der Waals surface area (Å²) in [6.45, 7) is 5.60. The van der Waals surface area contributed by atoms with Crippen molar-refractivity contribution in [2.45, 2.75) is 26.8 Å². The van der Waals surface area contributed by atoms with E-state index in [0.717, 1.165) is 5.56 Å². The van der Waals surface area contributed by atoms with Crippen molar-refractivity contribution >= 4 is 29.2 Å². The fourth-order valence-corrected chi connectivity index (χ4v) is 2.63. The molecule has 0 aliphatic rings. The van der Waals surface area contributed by atoms with E-state index in [2.05, 4.69) is 21.3 Å². The summed E-state index contributed by atoms with van der Waals surface area (Å²) in [5.74, 6) is -0.678. The number of carbonyl (C=O) groups is 3. The highest BCUT2D eigenvalue weighted by Gasteiger charge is 2.25. The molecule has 0 aliphatic heterocycles. The first-order valence-electron chi connectivity index (χ1n) is 9.08. The Hall–Kier alpha value is -3.35. The summed E-state index contributed by atoms with van der Waals surface area (Å²) in [4.78, 5) is 36.6. The van der Waals surface area contributed by atoms with E-state index in [-0.39, 0.29) is 23.8 Å². The van der Waals surface area contributed by atoms with Crippen LogP contribution >= 0.6 is 0 Å². The zero-order valence-corrected chi connectivity index (χ0v) is 16.5. The summed E-state index contributed by atoms with van der Waals surface area (Å²) in [7, 11) is 1.53. The average molecular weight is 382 g/mol. The maximum Gasteiger partial charge on any atom is 0.318 e. The Morgan fingerprint density at radius 3 is 1.96 bits per heavy atom. The quantitative estimate of drug-likeness (QED) is 0.618. The van der Waals surface area contributed by atoms with Crippen molar-refractivity contribution in [1.82, 2.24) is 10.6 Å². The van der Waals surface area contributed by atoms with Gasteiger partial charge in [-0.15, -0.1) is 0 Å². The number of benzene rings is 2. The molecule has 2 rings (SSSR count). The summed E-state index contributed by atoms with van der Waals surface area (Å²) in [5, 5.41) is 10.7. The van der Waals surface area contributed by atoms with Crippen molar-refractivity contribution < 1.29 is 14.4 Å². The van der Waals surface area contributed by atoms with Gasteiger partial charge in [-0.3, -0.25) is 9.59 Å². The molecule has 0 radical (unpaired) electrons. The Balaban J connectivity index is 2.05. The fraction of sp³-hybridized carbons (Fsp3) is 0.286. The van der Waals surface area contributed by atoms with E-state index < -0.39 is 6.04 Å². The Bertz CT molecular complexity index is 847. The molecule has 148 valence electrons. The molecule has 0 aromatic heterocycles. The molecule has 0 bridgehead atoms. The third kappa shape index (κ3) is 5.57. The lowest BCUT2D eigenvalue weighted by Gasteiger charge is -2.22. The summed E-state index contributed by atoms with van der Waals surface area (Å²) in [6.07, 6.45) is 0. The first-order chi connectivity index (χ1) is 13.3. The van der Waals surface area contributed by atoms with Crippen molar-refractivity contribution in [3.05, 3.63) is 59.7 Å². The number of anilines is 2. The predicted octanol–water partition coefficient (Wildman–Crippen LogP) is 3.14. The second-order valence-electron chi connectivity index (χ2n) is 6.78. The van der Waals surface area contributed by atoms with Gasteiger partial charge in [0.15, 0.2) is 0 Å². The smallest absolute Gasteiger partial charge is 0.318 e. The van der Waals surface area contributed by atoms with Crippen molar-refractivity contribution in [3.63, 3.8) is 0 Å². The number of urea groups is 1. The topological polar surface area (TPSA) is 99.3 Å². The third-order valence-corrected chi connectivity index (χ3v) is 4.26. The van der Waals surface area contributed by atoms with Crippen LogP contribution in [0.4, 0.5) is 16.2 Å². The van der Waals surface area contributed by atoms with Gasteiger partial charge < -0.3 is 21.3 Å². The van der Waals surface area contributed by atoms with Crippen molar-refractivity contribution in [2.24, 2.45) is 5.92 Å². The second-order valence-corrected chi connectivity index (χ2v) is 6.78. The van der Waals surface area contributed by atoms with Crippen LogP contribution in [0, 0.1) is 12.8 Å². The van der Waals surface area contributed by atoms with Crippen LogP contribution < -0.4 is 21.3 Å². The molecule has 28 heavy (non-hydrogen) atoms. The first kappa shape index (κ1) is 21.0. The van der Waals surface area contributed by atoms with Gasteiger partial charge in [0, 0.05) is 24.0 Å². The SMILES string of the molecule is CNC(=O)Nc1ccc(NC(=O)C(NC(=O)c2ccccc2C)C(C)C)cc1. The van der Waals surface area contributed by atoms with Gasteiger partial charge in [0.2, 0.25) is 5.91 Å². The van der Waals surface area contributed by atoms with Crippen LogP contribution in [0.3, 0.4) is 0 Å². The van der Waals surface area contributed by atoms with Gasteiger partial charge in [-0.25, -0.2) is 4.79 Å². The average Bonchev–Trinajstić information content (AvgIpc) is 2.67. The molecule has 0 fully saturated rings. The van der Waals surface area contributed by atoms with Crippen LogP contribution in [0.15, 0.2) is 48.5 Å². The normalized spacial score (nSPS) is 11.5. The minimum Gasteiger partial charge on any atom is -0.341 e. The molecule has 1 atom stereocenters. The number of hydrogen-bond donors (Lipinski definition) is 4. The summed E-state index contributed by atoms with van der Waals surface area (Å²) in [6, 6.07) is 13.0. The van der Waals surface area contributed by atoms with E-state index in [0.29, 0.717) is 16.9 Å². The lowest BCUT2D eigenvalue weighted by atomic mass is 10.0. The third-order valence-electron chi connectivity index (χ3n) is 4.26. The summed E-state index contributed by atoms with van der Waals surface area (Å²) >= 11 is 0. The highest BCUT2D eigenvalue weighted by molar-refractivity contribution is 6.02. The molecule has 7 heteroatoms. The lowest BCUT2D eigenvalue weighted by molar-refractivity contribution is -0.118. The second kappa shape index (κ2) is 9.55. The Morgan fingerprint density at radius 1 is 0.857 bits per heavy atom. The van der Waals surface area contributed by atoms with E-state index in [4.69, 9.17) is 0 Å². The molecule has 4 N–H and O–H groups in total.